The summed E-state index contributed by atoms with van der Waals surface area (Å²) in [4.78, 5) is 11.8. The first-order chi connectivity index (χ1) is 9.22. The van der Waals surface area contributed by atoms with Crippen molar-refractivity contribution in [3.63, 3.8) is 0 Å². The molecule has 0 heterocycles. The van der Waals surface area contributed by atoms with E-state index in [2.05, 4.69) is 26.8 Å². The van der Waals surface area contributed by atoms with Crippen LogP contribution >= 0.6 is 0 Å². The molecule has 1 N–H and O–H groups in total. The normalized spacial score (nSPS) is 17.4. The Morgan fingerprint density at radius 3 is 2.25 bits per heavy atom. The zero-order valence-electron chi connectivity index (χ0n) is 13.0. The first-order valence-corrected chi connectivity index (χ1v) is 7.15. The fourth-order valence-electron chi connectivity index (χ4n) is 3.03. The van der Waals surface area contributed by atoms with Crippen LogP contribution in [0.25, 0.3) is 0 Å². The summed E-state index contributed by atoms with van der Waals surface area (Å²) in [6, 6.07) is 4.10. The summed E-state index contributed by atoms with van der Waals surface area (Å²) in [6.45, 7) is 8.40. The Hall–Kier alpha value is -1.51. The topological polar surface area (TPSA) is 46.5 Å². The van der Waals surface area contributed by atoms with Crippen molar-refractivity contribution in [3.05, 3.63) is 28.8 Å². The van der Waals surface area contributed by atoms with Gasteiger partial charge in [0.15, 0.2) is 0 Å². The number of rotatable bonds is 3. The lowest BCUT2D eigenvalue weighted by Gasteiger charge is -2.40. The average molecular weight is 276 g/mol. The number of carboxylic acids is 1. The molecule has 0 unspecified atom stereocenters. The monoisotopic (exact) mass is 276 g/mol. The molecular formula is C17H24O3. The summed E-state index contributed by atoms with van der Waals surface area (Å²) in [5.41, 5.74) is 2.21. The van der Waals surface area contributed by atoms with Crippen molar-refractivity contribution in [1.29, 1.82) is 0 Å². The van der Waals surface area contributed by atoms with Gasteiger partial charge in [-0.15, -0.1) is 0 Å². The molecule has 2 rings (SSSR count). The van der Waals surface area contributed by atoms with E-state index in [1.54, 1.807) is 7.11 Å². The van der Waals surface area contributed by atoms with E-state index in [1.807, 2.05) is 13.0 Å². The second kappa shape index (κ2) is 4.80. The number of aryl methyl sites for hydroxylation is 1. The number of carbonyl (C=O) groups is 1. The quantitative estimate of drug-likeness (QED) is 0.913. The molecule has 0 atom stereocenters. The van der Waals surface area contributed by atoms with Gasteiger partial charge in [0.1, 0.15) is 5.75 Å². The van der Waals surface area contributed by atoms with Crippen LogP contribution in [-0.2, 0) is 15.6 Å². The van der Waals surface area contributed by atoms with Crippen LogP contribution in [-0.4, -0.2) is 18.2 Å². The number of aliphatic carboxylic acids is 1. The molecule has 0 saturated heterocycles. The van der Waals surface area contributed by atoms with Gasteiger partial charge in [0.05, 0.1) is 12.5 Å². The maximum Gasteiger partial charge on any atom is 0.314 e. The van der Waals surface area contributed by atoms with Gasteiger partial charge in [0.25, 0.3) is 0 Å². The van der Waals surface area contributed by atoms with Crippen LogP contribution in [0.4, 0.5) is 0 Å². The Bertz CT molecular complexity index is 534. The molecule has 20 heavy (non-hydrogen) atoms. The van der Waals surface area contributed by atoms with Crippen LogP contribution in [0.2, 0.25) is 0 Å². The second-order valence-corrected chi connectivity index (χ2v) is 6.88. The van der Waals surface area contributed by atoms with E-state index in [9.17, 15) is 9.90 Å². The van der Waals surface area contributed by atoms with Gasteiger partial charge < -0.3 is 9.84 Å². The molecule has 3 heteroatoms. The van der Waals surface area contributed by atoms with Crippen LogP contribution in [0.3, 0.4) is 0 Å². The third kappa shape index (κ3) is 2.19. The summed E-state index contributed by atoms with van der Waals surface area (Å²) in [5, 5.41) is 9.69. The van der Waals surface area contributed by atoms with E-state index < -0.39 is 11.4 Å². The molecule has 1 aromatic rings. The Labute approximate surface area is 121 Å². The largest absolute Gasteiger partial charge is 0.496 e. The molecule has 1 fully saturated rings. The lowest BCUT2D eigenvalue weighted by Crippen LogP contribution is -2.43. The highest BCUT2D eigenvalue weighted by Crippen LogP contribution is 2.50. The fraction of sp³-hybridized carbons (Fsp3) is 0.588. The molecule has 1 saturated carbocycles. The predicted octanol–water partition coefficient (Wildman–Crippen LogP) is 3.81. The Morgan fingerprint density at radius 2 is 1.90 bits per heavy atom. The van der Waals surface area contributed by atoms with E-state index >= 15 is 0 Å². The van der Waals surface area contributed by atoms with Crippen molar-refractivity contribution < 1.29 is 14.6 Å². The van der Waals surface area contributed by atoms with Crippen molar-refractivity contribution in [1.82, 2.24) is 0 Å². The van der Waals surface area contributed by atoms with E-state index in [-0.39, 0.29) is 5.41 Å². The molecule has 1 aliphatic rings. The third-order valence-electron chi connectivity index (χ3n) is 4.38. The summed E-state index contributed by atoms with van der Waals surface area (Å²) in [5.74, 6) is 0.0257. The van der Waals surface area contributed by atoms with Crippen LogP contribution in [0.15, 0.2) is 12.1 Å². The highest BCUT2D eigenvalue weighted by atomic mass is 16.5. The van der Waals surface area contributed by atoms with Crippen molar-refractivity contribution >= 4 is 5.97 Å². The lowest BCUT2D eigenvalue weighted by atomic mass is 9.63. The Kier molecular flexibility index (Phi) is 3.57. The van der Waals surface area contributed by atoms with Crippen molar-refractivity contribution in [2.24, 2.45) is 0 Å². The van der Waals surface area contributed by atoms with Crippen LogP contribution in [0, 0.1) is 6.92 Å². The smallest absolute Gasteiger partial charge is 0.314 e. The van der Waals surface area contributed by atoms with Gasteiger partial charge in [0, 0.05) is 11.1 Å². The SMILES string of the molecule is COc1c(C(C)(C)C)cc(C)cc1C1(C(=O)O)CCC1. The zero-order chi connectivity index (χ0) is 15.1. The first-order valence-electron chi connectivity index (χ1n) is 7.15. The van der Waals surface area contributed by atoms with Gasteiger partial charge >= 0.3 is 5.97 Å². The molecule has 110 valence electrons. The first kappa shape index (κ1) is 14.9. The molecule has 0 amide bonds. The van der Waals surface area contributed by atoms with E-state index in [4.69, 9.17) is 4.74 Å². The van der Waals surface area contributed by atoms with Crippen molar-refractivity contribution in [2.45, 2.75) is 57.8 Å². The van der Waals surface area contributed by atoms with Gasteiger partial charge in [-0.05, 0) is 25.2 Å². The summed E-state index contributed by atoms with van der Waals surface area (Å²) in [7, 11) is 1.64. The summed E-state index contributed by atoms with van der Waals surface area (Å²) in [6.07, 6.45) is 2.37. The van der Waals surface area contributed by atoms with Crippen molar-refractivity contribution in [2.75, 3.05) is 7.11 Å². The summed E-state index contributed by atoms with van der Waals surface area (Å²) < 4.78 is 5.63. The van der Waals surface area contributed by atoms with Crippen LogP contribution in [0.5, 0.6) is 5.75 Å². The van der Waals surface area contributed by atoms with Crippen LogP contribution < -0.4 is 4.74 Å². The number of ether oxygens (including phenoxy) is 1. The zero-order valence-corrected chi connectivity index (χ0v) is 13.0. The predicted molar refractivity (Wildman–Crippen MR) is 79.6 cm³/mol. The van der Waals surface area contributed by atoms with E-state index in [1.165, 1.54) is 0 Å². The molecule has 0 aromatic heterocycles. The van der Waals surface area contributed by atoms with Crippen molar-refractivity contribution in [3.8, 4) is 5.75 Å². The Balaban J connectivity index is 2.70. The summed E-state index contributed by atoms with van der Waals surface area (Å²) >= 11 is 0. The maximum atomic E-state index is 11.8. The molecule has 0 radical (unpaired) electrons. The fourth-order valence-corrected chi connectivity index (χ4v) is 3.03. The second-order valence-electron chi connectivity index (χ2n) is 6.88. The molecule has 0 aliphatic heterocycles. The maximum absolute atomic E-state index is 11.8. The third-order valence-corrected chi connectivity index (χ3v) is 4.38. The van der Waals surface area contributed by atoms with E-state index in [0.29, 0.717) is 12.8 Å². The number of hydrogen-bond acceptors (Lipinski definition) is 2. The number of hydrogen-bond donors (Lipinski definition) is 1. The minimum atomic E-state index is -0.753. The standard InChI is InChI=1S/C17H24O3/c1-11-9-12(16(2,3)4)14(20-5)13(10-11)17(15(18)19)7-6-8-17/h9-10H,6-8H2,1-5H3,(H,18,19). The highest BCUT2D eigenvalue weighted by Gasteiger charge is 2.48. The molecule has 0 bridgehead atoms. The minimum Gasteiger partial charge on any atom is -0.496 e. The van der Waals surface area contributed by atoms with E-state index in [0.717, 1.165) is 28.9 Å². The van der Waals surface area contributed by atoms with Gasteiger partial charge in [-0.25, -0.2) is 0 Å². The van der Waals surface area contributed by atoms with Crippen LogP contribution in [0.1, 0.15) is 56.7 Å². The molecular weight excluding hydrogens is 252 g/mol. The van der Waals surface area contributed by atoms with Gasteiger partial charge in [-0.1, -0.05) is 44.9 Å². The molecule has 1 aromatic carbocycles. The minimum absolute atomic E-state index is 0.0739. The average Bonchev–Trinajstić information content (AvgIpc) is 2.25. The Morgan fingerprint density at radius 1 is 1.30 bits per heavy atom. The lowest BCUT2D eigenvalue weighted by molar-refractivity contribution is -0.147. The van der Waals surface area contributed by atoms with Gasteiger partial charge in [-0.2, -0.15) is 0 Å². The number of methoxy groups -OCH3 is 1. The molecule has 1 aliphatic carbocycles. The van der Waals surface area contributed by atoms with Gasteiger partial charge in [0.2, 0.25) is 0 Å². The van der Waals surface area contributed by atoms with Gasteiger partial charge in [-0.3, -0.25) is 4.79 Å². The number of benzene rings is 1. The molecule has 3 nitrogen and oxygen atoms in total. The molecule has 0 spiro atoms. The highest BCUT2D eigenvalue weighted by molar-refractivity contribution is 5.84. The number of carboxylic acid groups (broad SMARTS) is 1.